The Morgan fingerprint density at radius 3 is 2.34 bits per heavy atom. The van der Waals surface area contributed by atoms with E-state index in [1.807, 2.05) is 0 Å². The van der Waals surface area contributed by atoms with Gasteiger partial charge in [0, 0.05) is 32.7 Å². The molecule has 2 heterocycles. The van der Waals surface area contributed by atoms with Gasteiger partial charge in [-0.15, -0.1) is 0 Å². The molecule has 158 valence electrons. The first-order chi connectivity index (χ1) is 14.1. The summed E-state index contributed by atoms with van der Waals surface area (Å²) in [4.78, 5) is 26.0. The molecule has 0 N–H and O–H groups in total. The number of carbonyl (C=O) groups excluding carboxylic acids is 1. The maximum atomic E-state index is 12.9. The van der Waals surface area contributed by atoms with Crippen LogP contribution in [0, 0.1) is 23.2 Å². The van der Waals surface area contributed by atoms with E-state index >= 15 is 0 Å². The molecule has 0 aromatic carbocycles. The average molecular weight is 419 g/mol. The maximum absolute atomic E-state index is 12.9. The Morgan fingerprint density at radius 1 is 1.07 bits per heavy atom. The van der Waals surface area contributed by atoms with Gasteiger partial charge >= 0.3 is 5.97 Å². The quantitative estimate of drug-likeness (QED) is 0.521. The Bertz CT molecular complexity index is 715. The monoisotopic (exact) mass is 418 g/mol. The van der Waals surface area contributed by atoms with E-state index in [-0.39, 0.29) is 11.4 Å². The fraction of sp³-hybridized carbons (Fsp3) is 0.773. The Labute approximate surface area is 178 Å². The minimum Gasteiger partial charge on any atom is -0.465 e. The van der Waals surface area contributed by atoms with E-state index in [2.05, 4.69) is 19.8 Å². The fourth-order valence-electron chi connectivity index (χ4n) is 6.65. The van der Waals surface area contributed by atoms with Gasteiger partial charge in [0.05, 0.1) is 24.4 Å². The minimum absolute atomic E-state index is 0.112. The lowest BCUT2D eigenvalue weighted by Gasteiger charge is -2.55. The van der Waals surface area contributed by atoms with E-state index in [1.165, 1.54) is 19.3 Å². The predicted molar refractivity (Wildman–Crippen MR) is 112 cm³/mol. The number of hydrogen-bond donors (Lipinski definition) is 0. The Hall–Kier alpha value is -1.40. The van der Waals surface area contributed by atoms with Crippen molar-refractivity contribution in [2.24, 2.45) is 23.2 Å². The van der Waals surface area contributed by atoms with Crippen molar-refractivity contribution in [3.63, 3.8) is 0 Å². The molecule has 1 saturated heterocycles. The van der Waals surface area contributed by atoms with Crippen molar-refractivity contribution in [3.05, 3.63) is 17.5 Å². The highest BCUT2D eigenvalue weighted by molar-refractivity contribution is 6.29. The maximum Gasteiger partial charge on any atom is 0.312 e. The molecule has 0 atom stereocenters. The smallest absolute Gasteiger partial charge is 0.312 e. The van der Waals surface area contributed by atoms with Gasteiger partial charge in [-0.2, -0.15) is 0 Å². The third kappa shape index (κ3) is 4.11. The van der Waals surface area contributed by atoms with Gasteiger partial charge in [0.1, 0.15) is 11.0 Å². The zero-order chi connectivity index (χ0) is 19.8. The molecule has 4 bridgehead atoms. The summed E-state index contributed by atoms with van der Waals surface area (Å²) in [5.74, 6) is 3.32. The third-order valence-corrected chi connectivity index (χ3v) is 7.79. The van der Waals surface area contributed by atoms with Gasteiger partial charge in [-0.1, -0.05) is 11.6 Å². The summed E-state index contributed by atoms with van der Waals surface area (Å²) in [5, 5.41) is 0.436. The normalized spacial score (nSPS) is 33.8. The number of esters is 1. The van der Waals surface area contributed by atoms with E-state index in [1.54, 1.807) is 12.4 Å². The molecule has 6 nitrogen and oxygen atoms in total. The van der Waals surface area contributed by atoms with Crippen molar-refractivity contribution in [3.8, 4) is 0 Å². The molecular formula is C22H31ClN4O2. The van der Waals surface area contributed by atoms with E-state index in [9.17, 15) is 4.79 Å². The molecule has 1 aliphatic heterocycles. The summed E-state index contributed by atoms with van der Waals surface area (Å²) in [5.41, 5.74) is -0.127. The van der Waals surface area contributed by atoms with Gasteiger partial charge in [0.15, 0.2) is 0 Å². The SMILES string of the molecule is O=C(OCCCN1CCN(c2cncc(Cl)n2)CC1)C12CC3CC(CC(C3)C1)C2. The summed E-state index contributed by atoms with van der Waals surface area (Å²) < 4.78 is 5.81. The van der Waals surface area contributed by atoms with Gasteiger partial charge < -0.3 is 9.64 Å². The molecule has 0 amide bonds. The first-order valence-electron chi connectivity index (χ1n) is 11.2. The lowest BCUT2D eigenvalue weighted by atomic mass is 9.49. The summed E-state index contributed by atoms with van der Waals surface area (Å²) >= 11 is 5.95. The van der Waals surface area contributed by atoms with Gasteiger partial charge in [-0.05, 0) is 62.7 Å². The second kappa shape index (κ2) is 8.03. The van der Waals surface area contributed by atoms with Crippen LogP contribution in [0.5, 0.6) is 0 Å². The number of aromatic nitrogens is 2. The highest BCUT2D eigenvalue weighted by atomic mass is 35.5. The van der Waals surface area contributed by atoms with E-state index < -0.39 is 0 Å². The van der Waals surface area contributed by atoms with Gasteiger partial charge in [0.2, 0.25) is 0 Å². The summed E-state index contributed by atoms with van der Waals surface area (Å²) in [6.07, 6.45) is 11.6. The van der Waals surface area contributed by atoms with Crippen molar-refractivity contribution in [1.29, 1.82) is 0 Å². The highest BCUT2D eigenvalue weighted by Gasteiger charge is 2.55. The number of halogens is 1. The number of rotatable bonds is 6. The Kier molecular flexibility index (Phi) is 5.41. The van der Waals surface area contributed by atoms with Crippen LogP contribution in [0.15, 0.2) is 12.4 Å². The zero-order valence-corrected chi connectivity index (χ0v) is 17.8. The lowest BCUT2D eigenvalue weighted by molar-refractivity contribution is -0.171. The second-order valence-corrected chi connectivity index (χ2v) is 10.1. The number of nitrogens with zero attached hydrogens (tertiary/aromatic N) is 4. The first kappa shape index (κ1) is 19.6. The lowest BCUT2D eigenvalue weighted by Crippen LogP contribution is -2.50. The molecular weight excluding hydrogens is 388 g/mol. The number of hydrogen-bond acceptors (Lipinski definition) is 6. The summed E-state index contributed by atoms with van der Waals surface area (Å²) in [7, 11) is 0. The van der Waals surface area contributed by atoms with E-state index in [4.69, 9.17) is 16.3 Å². The van der Waals surface area contributed by atoms with Crippen LogP contribution in [0.1, 0.15) is 44.9 Å². The van der Waals surface area contributed by atoms with Crippen LogP contribution >= 0.6 is 11.6 Å². The topological polar surface area (TPSA) is 58.6 Å². The Morgan fingerprint density at radius 2 is 1.72 bits per heavy atom. The molecule has 5 aliphatic rings. The van der Waals surface area contributed by atoms with Crippen LogP contribution in [0.2, 0.25) is 5.15 Å². The number of ether oxygens (including phenoxy) is 1. The molecule has 1 aromatic rings. The standard InChI is InChI=1S/C22H31ClN4O2/c23-19-14-24-15-20(25-19)27-5-3-26(4-6-27)2-1-7-29-21(28)22-11-16-8-17(12-22)10-18(9-16)13-22/h14-18H,1-13H2. The van der Waals surface area contributed by atoms with E-state index in [0.29, 0.717) is 11.8 Å². The van der Waals surface area contributed by atoms with Crippen molar-refractivity contribution >= 4 is 23.4 Å². The molecule has 1 aromatic heterocycles. The molecule has 5 fully saturated rings. The highest BCUT2D eigenvalue weighted by Crippen LogP contribution is 2.60. The third-order valence-electron chi connectivity index (χ3n) is 7.61. The van der Waals surface area contributed by atoms with Crippen molar-refractivity contribution in [2.45, 2.75) is 44.9 Å². The fourth-order valence-corrected chi connectivity index (χ4v) is 6.80. The predicted octanol–water partition coefficient (Wildman–Crippen LogP) is 3.40. The van der Waals surface area contributed by atoms with Crippen molar-refractivity contribution < 1.29 is 9.53 Å². The molecule has 0 unspecified atom stereocenters. The summed E-state index contributed by atoms with van der Waals surface area (Å²) in [6.45, 7) is 5.34. The molecule has 0 spiro atoms. The second-order valence-electron chi connectivity index (χ2n) is 9.72. The molecule has 4 saturated carbocycles. The molecule has 6 rings (SSSR count). The number of anilines is 1. The van der Waals surface area contributed by atoms with Crippen LogP contribution in [-0.2, 0) is 9.53 Å². The number of carbonyl (C=O) groups is 1. The molecule has 7 heteroatoms. The molecule has 4 aliphatic carbocycles. The van der Waals surface area contributed by atoms with Crippen LogP contribution in [-0.4, -0.2) is 60.2 Å². The van der Waals surface area contributed by atoms with E-state index in [0.717, 1.165) is 82.0 Å². The van der Waals surface area contributed by atoms with Crippen molar-refractivity contribution in [1.82, 2.24) is 14.9 Å². The van der Waals surface area contributed by atoms with Crippen LogP contribution in [0.4, 0.5) is 5.82 Å². The van der Waals surface area contributed by atoms with Gasteiger partial charge in [-0.25, -0.2) is 4.98 Å². The van der Waals surface area contributed by atoms with Crippen molar-refractivity contribution in [2.75, 3.05) is 44.2 Å². The largest absolute Gasteiger partial charge is 0.465 e. The average Bonchev–Trinajstić information content (AvgIpc) is 2.70. The first-order valence-corrected chi connectivity index (χ1v) is 11.6. The minimum atomic E-state index is -0.127. The van der Waals surface area contributed by atoms with Gasteiger partial charge in [0.25, 0.3) is 0 Å². The van der Waals surface area contributed by atoms with Crippen LogP contribution < -0.4 is 4.90 Å². The zero-order valence-electron chi connectivity index (χ0n) is 17.1. The number of piperazine rings is 1. The molecule has 29 heavy (non-hydrogen) atoms. The van der Waals surface area contributed by atoms with Gasteiger partial charge in [-0.3, -0.25) is 14.7 Å². The molecule has 0 radical (unpaired) electrons. The van der Waals surface area contributed by atoms with Crippen LogP contribution in [0.3, 0.4) is 0 Å². The Balaban J connectivity index is 1.04. The van der Waals surface area contributed by atoms with Crippen LogP contribution in [0.25, 0.3) is 0 Å². The summed E-state index contributed by atoms with van der Waals surface area (Å²) in [6, 6.07) is 0.